The lowest BCUT2D eigenvalue weighted by molar-refractivity contribution is 0.0945. The van der Waals surface area contributed by atoms with Crippen LogP contribution in [0.2, 0.25) is 0 Å². The van der Waals surface area contributed by atoms with Crippen LogP contribution >= 0.6 is 0 Å². The van der Waals surface area contributed by atoms with Crippen molar-refractivity contribution in [1.29, 1.82) is 0 Å². The number of nitrogens with zero attached hydrogens (tertiary/aromatic N) is 2. The van der Waals surface area contributed by atoms with Gasteiger partial charge >= 0.3 is 0 Å². The molecule has 0 saturated heterocycles. The molecule has 2 aromatic rings. The van der Waals surface area contributed by atoms with Gasteiger partial charge in [-0.2, -0.15) is 0 Å². The van der Waals surface area contributed by atoms with Crippen molar-refractivity contribution >= 4 is 11.6 Å². The first-order chi connectivity index (χ1) is 12.3. The van der Waals surface area contributed by atoms with Gasteiger partial charge in [-0.1, -0.05) is 17.7 Å². The van der Waals surface area contributed by atoms with Gasteiger partial charge in [-0.05, 0) is 56.4 Å². The highest BCUT2D eigenvalue weighted by Crippen LogP contribution is 2.20. The average molecular weight is 336 g/mol. The summed E-state index contributed by atoms with van der Waals surface area (Å²) in [5.41, 5.74) is 3.71. The lowest BCUT2D eigenvalue weighted by Gasteiger charge is -2.13. The molecule has 1 aliphatic rings. The summed E-state index contributed by atoms with van der Waals surface area (Å²) >= 11 is 0. The molecule has 3 rings (SSSR count). The Morgan fingerprint density at radius 1 is 1.12 bits per heavy atom. The van der Waals surface area contributed by atoms with E-state index < -0.39 is 0 Å². The van der Waals surface area contributed by atoms with Gasteiger partial charge in [-0.15, -0.1) is 0 Å². The number of aromatic nitrogens is 2. The molecular weight excluding hydrogens is 312 g/mol. The highest BCUT2D eigenvalue weighted by molar-refractivity contribution is 5.93. The van der Waals surface area contributed by atoms with E-state index in [2.05, 4.69) is 26.7 Å². The molecule has 0 aromatic carbocycles. The van der Waals surface area contributed by atoms with E-state index in [0.29, 0.717) is 12.2 Å². The van der Waals surface area contributed by atoms with Crippen LogP contribution in [0.1, 0.15) is 48.3 Å². The van der Waals surface area contributed by atoms with E-state index in [4.69, 9.17) is 0 Å². The molecule has 1 amide bonds. The molecule has 0 atom stereocenters. The number of anilines is 1. The normalized spacial score (nSPS) is 13.8. The SMILES string of the molecule is O=C(NCc1ccccn1)c1cc(NCCC2=CCCCC2)ccn1. The first-order valence-corrected chi connectivity index (χ1v) is 8.87. The standard InChI is InChI=1S/C20H24N4O/c25-20(24-15-18-8-4-5-11-21-18)19-14-17(10-13-23-19)22-12-9-16-6-2-1-3-7-16/h4-6,8,10-11,13-14H,1-3,7,9,12,15H2,(H,22,23)(H,24,25). The van der Waals surface area contributed by atoms with Crippen LogP contribution in [-0.4, -0.2) is 22.4 Å². The quantitative estimate of drug-likeness (QED) is 0.757. The predicted molar refractivity (Wildman–Crippen MR) is 99.3 cm³/mol. The number of carbonyl (C=O) groups excluding carboxylic acids is 1. The number of allylic oxidation sites excluding steroid dienone is 1. The molecule has 0 fully saturated rings. The summed E-state index contributed by atoms with van der Waals surface area (Å²) in [6, 6.07) is 9.32. The lowest BCUT2D eigenvalue weighted by atomic mass is 9.97. The van der Waals surface area contributed by atoms with Crippen LogP contribution in [-0.2, 0) is 6.54 Å². The van der Waals surface area contributed by atoms with Gasteiger partial charge in [0, 0.05) is 24.6 Å². The molecule has 5 nitrogen and oxygen atoms in total. The van der Waals surface area contributed by atoms with Gasteiger partial charge in [0.15, 0.2) is 0 Å². The second kappa shape index (κ2) is 8.97. The Morgan fingerprint density at radius 2 is 2.08 bits per heavy atom. The maximum atomic E-state index is 12.3. The first kappa shape index (κ1) is 17.1. The summed E-state index contributed by atoms with van der Waals surface area (Å²) in [6.45, 7) is 1.28. The van der Waals surface area contributed by atoms with Crippen LogP contribution in [0.4, 0.5) is 5.69 Å². The van der Waals surface area contributed by atoms with Crippen molar-refractivity contribution in [3.63, 3.8) is 0 Å². The highest BCUT2D eigenvalue weighted by Gasteiger charge is 2.08. The topological polar surface area (TPSA) is 66.9 Å². The molecule has 2 heterocycles. The molecule has 130 valence electrons. The predicted octanol–water partition coefficient (Wildman–Crippen LogP) is 3.71. The zero-order chi connectivity index (χ0) is 17.3. The van der Waals surface area contributed by atoms with E-state index in [-0.39, 0.29) is 5.91 Å². The molecule has 5 heteroatoms. The van der Waals surface area contributed by atoms with Crippen molar-refractivity contribution in [2.45, 2.75) is 38.6 Å². The van der Waals surface area contributed by atoms with Crippen molar-refractivity contribution in [1.82, 2.24) is 15.3 Å². The number of hydrogen-bond acceptors (Lipinski definition) is 4. The summed E-state index contributed by atoms with van der Waals surface area (Å²) < 4.78 is 0. The number of carbonyl (C=O) groups is 1. The first-order valence-electron chi connectivity index (χ1n) is 8.87. The maximum absolute atomic E-state index is 12.3. The van der Waals surface area contributed by atoms with E-state index in [9.17, 15) is 4.79 Å². The van der Waals surface area contributed by atoms with Crippen molar-refractivity contribution in [3.05, 3.63) is 65.8 Å². The number of amides is 1. The van der Waals surface area contributed by atoms with Gasteiger partial charge < -0.3 is 10.6 Å². The Bertz CT molecular complexity index is 727. The smallest absolute Gasteiger partial charge is 0.270 e. The number of rotatable bonds is 7. The third-order valence-electron chi connectivity index (χ3n) is 4.31. The van der Waals surface area contributed by atoms with Crippen LogP contribution in [0.3, 0.4) is 0 Å². The van der Waals surface area contributed by atoms with Crippen LogP contribution in [0, 0.1) is 0 Å². The van der Waals surface area contributed by atoms with Gasteiger partial charge in [0.25, 0.3) is 5.91 Å². The minimum Gasteiger partial charge on any atom is -0.385 e. The van der Waals surface area contributed by atoms with E-state index in [0.717, 1.165) is 24.3 Å². The van der Waals surface area contributed by atoms with Crippen LogP contribution in [0.15, 0.2) is 54.4 Å². The van der Waals surface area contributed by atoms with Crippen molar-refractivity contribution in [3.8, 4) is 0 Å². The second-order valence-electron chi connectivity index (χ2n) is 6.22. The maximum Gasteiger partial charge on any atom is 0.270 e. The van der Waals surface area contributed by atoms with Crippen LogP contribution < -0.4 is 10.6 Å². The lowest BCUT2D eigenvalue weighted by Crippen LogP contribution is -2.24. The summed E-state index contributed by atoms with van der Waals surface area (Å²) in [4.78, 5) is 20.6. The van der Waals surface area contributed by atoms with Crippen molar-refractivity contribution < 1.29 is 4.79 Å². The minimum atomic E-state index is -0.190. The second-order valence-corrected chi connectivity index (χ2v) is 6.22. The van der Waals surface area contributed by atoms with Gasteiger partial charge in [0.05, 0.1) is 12.2 Å². The number of nitrogens with one attached hydrogen (secondary N) is 2. The van der Waals surface area contributed by atoms with Gasteiger partial charge in [-0.3, -0.25) is 14.8 Å². The number of pyridine rings is 2. The fourth-order valence-corrected chi connectivity index (χ4v) is 2.93. The average Bonchev–Trinajstić information content (AvgIpc) is 2.68. The molecule has 0 unspecified atom stereocenters. The summed E-state index contributed by atoms with van der Waals surface area (Å²) in [7, 11) is 0. The molecular formula is C20H24N4O. The molecule has 0 spiro atoms. The monoisotopic (exact) mass is 336 g/mol. The van der Waals surface area contributed by atoms with E-state index in [1.165, 1.54) is 25.7 Å². The summed E-state index contributed by atoms with van der Waals surface area (Å²) in [5, 5.41) is 6.24. The van der Waals surface area contributed by atoms with E-state index in [1.807, 2.05) is 24.3 Å². The third kappa shape index (κ3) is 5.41. The van der Waals surface area contributed by atoms with Crippen LogP contribution in [0.25, 0.3) is 0 Å². The zero-order valence-corrected chi connectivity index (χ0v) is 14.4. The Hall–Kier alpha value is -2.69. The molecule has 1 aliphatic carbocycles. The molecule has 2 aromatic heterocycles. The molecule has 0 aliphatic heterocycles. The van der Waals surface area contributed by atoms with Gasteiger partial charge in [-0.25, -0.2) is 0 Å². The van der Waals surface area contributed by atoms with Gasteiger partial charge in [0.1, 0.15) is 5.69 Å². The molecule has 0 radical (unpaired) electrons. The Labute approximate surface area is 148 Å². The molecule has 25 heavy (non-hydrogen) atoms. The fraction of sp³-hybridized carbons (Fsp3) is 0.350. The van der Waals surface area contributed by atoms with Crippen LogP contribution in [0.5, 0.6) is 0 Å². The Morgan fingerprint density at radius 3 is 2.88 bits per heavy atom. The van der Waals surface area contributed by atoms with E-state index >= 15 is 0 Å². The Kier molecular flexibility index (Phi) is 6.15. The van der Waals surface area contributed by atoms with E-state index in [1.54, 1.807) is 24.0 Å². The largest absolute Gasteiger partial charge is 0.385 e. The minimum absolute atomic E-state index is 0.190. The summed E-state index contributed by atoms with van der Waals surface area (Å²) in [5.74, 6) is -0.190. The molecule has 0 saturated carbocycles. The zero-order valence-electron chi connectivity index (χ0n) is 14.4. The van der Waals surface area contributed by atoms with Gasteiger partial charge in [0.2, 0.25) is 0 Å². The van der Waals surface area contributed by atoms with Crippen molar-refractivity contribution in [2.24, 2.45) is 0 Å². The summed E-state index contributed by atoms with van der Waals surface area (Å²) in [6.07, 6.45) is 11.9. The highest BCUT2D eigenvalue weighted by atomic mass is 16.1. The Balaban J connectivity index is 1.50. The van der Waals surface area contributed by atoms with Crippen molar-refractivity contribution in [2.75, 3.05) is 11.9 Å². The molecule has 0 bridgehead atoms. The fourth-order valence-electron chi connectivity index (χ4n) is 2.93. The third-order valence-corrected chi connectivity index (χ3v) is 4.31. The molecule has 2 N–H and O–H groups in total. The number of hydrogen-bond donors (Lipinski definition) is 2.